The van der Waals surface area contributed by atoms with E-state index in [0.717, 1.165) is 16.8 Å². The van der Waals surface area contributed by atoms with E-state index < -0.39 is 6.03 Å². The molecule has 0 aliphatic carbocycles. The Labute approximate surface area is 246 Å². The smallest absolute Gasteiger partial charge is 0.320 e. The van der Waals surface area contributed by atoms with Gasteiger partial charge < -0.3 is 30.5 Å². The molecule has 0 saturated carbocycles. The fourth-order valence-electron chi connectivity index (χ4n) is 4.16. The van der Waals surface area contributed by atoms with Gasteiger partial charge in [0.1, 0.15) is 23.1 Å². The summed E-state index contributed by atoms with van der Waals surface area (Å²) in [5.74, 6) is 1.95. The highest BCUT2D eigenvalue weighted by molar-refractivity contribution is 5.90. The third-order valence-corrected chi connectivity index (χ3v) is 6.64. The molecule has 0 radical (unpaired) electrons. The number of carbonyl (C=O) groups excluding carboxylic acids is 1. The Kier molecular flexibility index (Phi) is 9.53. The lowest BCUT2D eigenvalue weighted by atomic mass is 9.92. The van der Waals surface area contributed by atoms with Crippen molar-refractivity contribution < 1.29 is 19.4 Å². The number of morpholine rings is 1. The molecule has 1 fully saturated rings. The van der Waals surface area contributed by atoms with E-state index in [1.807, 2.05) is 62.9 Å². The summed E-state index contributed by atoms with van der Waals surface area (Å²) in [5.41, 5.74) is 8.29. The number of aliphatic imine (C=N–C) groups is 1. The van der Waals surface area contributed by atoms with Gasteiger partial charge in [-0.2, -0.15) is 10.1 Å². The monoisotopic (exact) mass is 573 g/mol. The average Bonchev–Trinajstić information content (AvgIpc) is 3.39. The summed E-state index contributed by atoms with van der Waals surface area (Å²) in [6.07, 6.45) is 2.90. The van der Waals surface area contributed by atoms with Gasteiger partial charge >= 0.3 is 6.03 Å². The molecule has 3 aromatic rings. The third kappa shape index (κ3) is 7.70. The van der Waals surface area contributed by atoms with Gasteiger partial charge in [0.2, 0.25) is 5.90 Å². The molecule has 1 aromatic heterocycles. The number of rotatable bonds is 8. The maximum Gasteiger partial charge on any atom is 0.320 e. The van der Waals surface area contributed by atoms with E-state index in [1.165, 1.54) is 6.20 Å². The highest BCUT2D eigenvalue weighted by Gasteiger charge is 2.22. The van der Waals surface area contributed by atoms with Crippen molar-refractivity contribution in [2.75, 3.05) is 31.6 Å². The fraction of sp³-hybridized carbons (Fsp3) is 0.323. The summed E-state index contributed by atoms with van der Waals surface area (Å²) in [5, 5.41) is 20.8. The van der Waals surface area contributed by atoms with Crippen molar-refractivity contribution in [1.29, 1.82) is 0 Å². The van der Waals surface area contributed by atoms with Crippen LogP contribution in [0.2, 0.25) is 0 Å². The number of phenolic OH excluding ortho intramolecular Hbond substituents is 1. The zero-order chi connectivity index (χ0) is 30.3. The van der Waals surface area contributed by atoms with Crippen LogP contribution in [0.1, 0.15) is 37.6 Å². The summed E-state index contributed by atoms with van der Waals surface area (Å²) >= 11 is 0. The van der Waals surface area contributed by atoms with Crippen molar-refractivity contribution in [3.63, 3.8) is 0 Å². The summed E-state index contributed by atoms with van der Waals surface area (Å²) in [6.45, 7) is 14.8. The van der Waals surface area contributed by atoms with Gasteiger partial charge in [0.15, 0.2) is 0 Å². The number of ether oxygens (including phenoxy) is 2. The van der Waals surface area contributed by atoms with E-state index in [9.17, 15) is 9.90 Å². The van der Waals surface area contributed by atoms with Crippen LogP contribution in [0, 0.1) is 6.92 Å². The number of nitrogens with two attached hydrogens (primary N) is 1. The Hall–Kier alpha value is -4.77. The Bertz CT molecular complexity index is 1480. The highest BCUT2D eigenvalue weighted by atomic mass is 16.5. The zero-order valence-corrected chi connectivity index (χ0v) is 24.6. The molecule has 1 aliphatic heterocycles. The lowest BCUT2D eigenvalue weighted by molar-refractivity contribution is 0.0533. The third-order valence-electron chi connectivity index (χ3n) is 6.64. The van der Waals surface area contributed by atoms with Crippen molar-refractivity contribution in [1.82, 2.24) is 20.0 Å². The minimum Gasteiger partial charge on any atom is -0.508 e. The average molecular weight is 574 g/mol. The molecule has 0 atom stereocenters. The predicted molar refractivity (Wildman–Crippen MR) is 164 cm³/mol. The first-order chi connectivity index (χ1) is 20.0. The predicted octanol–water partition coefficient (Wildman–Crippen LogP) is 4.56. The number of urea groups is 1. The summed E-state index contributed by atoms with van der Waals surface area (Å²) < 4.78 is 13.1. The van der Waals surface area contributed by atoms with Crippen molar-refractivity contribution in [2.24, 2.45) is 10.7 Å². The summed E-state index contributed by atoms with van der Waals surface area (Å²) in [7, 11) is 0. The van der Waals surface area contributed by atoms with Gasteiger partial charge in [-0.25, -0.2) is 9.48 Å². The quantitative estimate of drug-likeness (QED) is 0.229. The minimum absolute atomic E-state index is 0.147. The second kappa shape index (κ2) is 13.3. The molecule has 1 saturated heterocycles. The summed E-state index contributed by atoms with van der Waals surface area (Å²) in [6, 6.07) is 14.0. The Morgan fingerprint density at radius 3 is 2.64 bits per heavy atom. The van der Waals surface area contributed by atoms with Gasteiger partial charge in [-0.15, -0.1) is 0 Å². The Balaban J connectivity index is 1.49. The standard InChI is InChI=1S/C31H39N7O4/c1-21-10-11-24(18-25(21)39)38-28(19-27(36-38)31(3,4)5)35-30(40)33-20-23-8-6-7-9-26(23)42-29(12-13-32)34-22(2)37-14-16-41-17-15-37/h6-13,18-19,39H,2,14-17,20,32H2,1,3-5H3,(H2,33,35,40)/b13-12-,34-29?. The molecule has 222 valence electrons. The van der Waals surface area contributed by atoms with E-state index in [1.54, 1.807) is 29.0 Å². The van der Waals surface area contributed by atoms with E-state index in [-0.39, 0.29) is 23.6 Å². The van der Waals surface area contributed by atoms with Gasteiger partial charge in [-0.05, 0) is 30.8 Å². The van der Waals surface area contributed by atoms with Gasteiger partial charge in [0.25, 0.3) is 0 Å². The van der Waals surface area contributed by atoms with Gasteiger partial charge in [-0.3, -0.25) is 5.32 Å². The number of amides is 2. The maximum absolute atomic E-state index is 13.1. The SMILES string of the molecule is C=C(N=C(/C=C\N)Oc1ccccc1CNC(=O)Nc1cc(C(C)(C)C)nn1-c1ccc(C)c(O)c1)N1CCOCC1. The largest absolute Gasteiger partial charge is 0.508 e. The number of phenols is 1. The molecule has 1 aliphatic rings. The topological polar surface area (TPSA) is 139 Å². The number of hydrogen-bond donors (Lipinski definition) is 4. The molecule has 0 spiro atoms. The summed E-state index contributed by atoms with van der Waals surface area (Å²) in [4.78, 5) is 19.6. The molecular formula is C31H39N7O4. The highest BCUT2D eigenvalue weighted by Crippen LogP contribution is 2.28. The lowest BCUT2D eigenvalue weighted by Crippen LogP contribution is -2.35. The maximum atomic E-state index is 13.1. The Morgan fingerprint density at radius 1 is 1.21 bits per heavy atom. The van der Waals surface area contributed by atoms with Crippen molar-refractivity contribution >= 4 is 17.7 Å². The number of hydrogen-bond acceptors (Lipinski definition) is 8. The number of aromatic hydroxyl groups is 1. The van der Waals surface area contributed by atoms with Crippen LogP contribution in [-0.2, 0) is 16.7 Å². The molecule has 5 N–H and O–H groups in total. The van der Waals surface area contributed by atoms with E-state index in [4.69, 9.17) is 20.3 Å². The minimum atomic E-state index is -0.431. The van der Waals surface area contributed by atoms with Crippen LogP contribution >= 0.6 is 0 Å². The molecular weight excluding hydrogens is 534 g/mol. The molecule has 11 heteroatoms. The van der Waals surface area contributed by atoms with Crippen molar-refractivity contribution in [3.8, 4) is 17.2 Å². The molecule has 42 heavy (non-hydrogen) atoms. The van der Waals surface area contributed by atoms with Crippen LogP contribution in [0.4, 0.5) is 10.6 Å². The fourth-order valence-corrected chi connectivity index (χ4v) is 4.16. The van der Waals surface area contributed by atoms with Crippen LogP contribution in [-0.4, -0.2) is 58.0 Å². The molecule has 0 unspecified atom stereocenters. The first kappa shape index (κ1) is 30.2. The number of anilines is 1. The van der Waals surface area contributed by atoms with Gasteiger partial charge in [0, 0.05) is 48.8 Å². The van der Waals surface area contributed by atoms with Gasteiger partial charge in [-0.1, -0.05) is 51.6 Å². The van der Waals surface area contributed by atoms with Crippen LogP contribution in [0.25, 0.3) is 5.69 Å². The second-order valence-corrected chi connectivity index (χ2v) is 10.9. The normalized spacial score (nSPS) is 14.2. The number of carbonyl (C=O) groups is 1. The molecule has 2 aromatic carbocycles. The van der Waals surface area contributed by atoms with E-state index in [2.05, 4.69) is 22.2 Å². The second-order valence-electron chi connectivity index (χ2n) is 10.9. The van der Waals surface area contributed by atoms with Crippen molar-refractivity contribution in [3.05, 3.63) is 90.0 Å². The molecule has 0 bridgehead atoms. The molecule has 11 nitrogen and oxygen atoms in total. The van der Waals surface area contributed by atoms with Crippen LogP contribution < -0.4 is 21.1 Å². The molecule has 4 rings (SSSR count). The number of nitrogens with one attached hydrogen (secondary N) is 2. The Morgan fingerprint density at radius 2 is 1.95 bits per heavy atom. The van der Waals surface area contributed by atoms with E-state index >= 15 is 0 Å². The zero-order valence-electron chi connectivity index (χ0n) is 24.6. The molecule has 2 heterocycles. The number of para-hydroxylation sites is 1. The van der Waals surface area contributed by atoms with Crippen LogP contribution in [0.3, 0.4) is 0 Å². The number of benzene rings is 2. The number of aromatic nitrogens is 2. The van der Waals surface area contributed by atoms with Crippen LogP contribution in [0.5, 0.6) is 11.5 Å². The number of aryl methyl sites for hydroxylation is 1. The van der Waals surface area contributed by atoms with Gasteiger partial charge in [0.05, 0.1) is 24.6 Å². The first-order valence-electron chi connectivity index (χ1n) is 13.7. The van der Waals surface area contributed by atoms with Crippen LogP contribution in [0.15, 0.2) is 78.2 Å². The number of nitrogens with zero attached hydrogens (tertiary/aromatic N) is 4. The van der Waals surface area contributed by atoms with Crippen molar-refractivity contribution in [2.45, 2.75) is 39.7 Å². The van der Waals surface area contributed by atoms with E-state index in [0.29, 0.717) is 49.4 Å². The first-order valence-corrected chi connectivity index (χ1v) is 13.7. The lowest BCUT2D eigenvalue weighted by Gasteiger charge is -2.28. The molecule has 2 amide bonds.